The third-order valence-electron chi connectivity index (χ3n) is 4.74. The number of aromatic nitrogens is 1. The molecule has 1 aromatic carbocycles. The minimum absolute atomic E-state index is 0.0556. The number of hydrogen-bond donors (Lipinski definition) is 1. The SMILES string of the molecule is CC(=O)NC1CCN(C(=O)c2cccn(Cc3ccccc3F)c2=O)CC1. The number of carbonyl (C=O) groups excluding carboxylic acids is 2. The Bertz CT molecular complexity index is 901. The molecule has 27 heavy (non-hydrogen) atoms. The lowest BCUT2D eigenvalue weighted by Crippen LogP contribution is -2.47. The highest BCUT2D eigenvalue weighted by Crippen LogP contribution is 2.13. The fourth-order valence-corrected chi connectivity index (χ4v) is 3.32. The van der Waals surface area contributed by atoms with E-state index in [4.69, 9.17) is 0 Å². The molecule has 1 aliphatic heterocycles. The van der Waals surface area contributed by atoms with Crippen molar-refractivity contribution in [2.75, 3.05) is 13.1 Å². The second-order valence-electron chi connectivity index (χ2n) is 6.71. The number of halogens is 1. The summed E-state index contributed by atoms with van der Waals surface area (Å²) in [5.74, 6) is -0.802. The maximum Gasteiger partial charge on any atom is 0.263 e. The Morgan fingerprint density at radius 3 is 2.52 bits per heavy atom. The highest BCUT2D eigenvalue weighted by atomic mass is 19.1. The molecule has 1 N–H and O–H groups in total. The van der Waals surface area contributed by atoms with Crippen LogP contribution in [0, 0.1) is 5.82 Å². The minimum Gasteiger partial charge on any atom is -0.353 e. The van der Waals surface area contributed by atoms with Gasteiger partial charge in [-0.1, -0.05) is 18.2 Å². The van der Waals surface area contributed by atoms with Gasteiger partial charge < -0.3 is 14.8 Å². The molecule has 2 amide bonds. The van der Waals surface area contributed by atoms with E-state index < -0.39 is 5.56 Å². The van der Waals surface area contributed by atoms with Gasteiger partial charge in [0.15, 0.2) is 0 Å². The lowest BCUT2D eigenvalue weighted by Gasteiger charge is -2.32. The molecule has 2 heterocycles. The molecule has 0 saturated carbocycles. The highest BCUT2D eigenvalue weighted by molar-refractivity contribution is 5.93. The zero-order valence-corrected chi connectivity index (χ0v) is 15.2. The van der Waals surface area contributed by atoms with Crippen molar-refractivity contribution in [1.82, 2.24) is 14.8 Å². The standard InChI is InChI=1S/C20H22FN3O3/c1-14(25)22-16-8-11-23(12-9-16)19(26)17-6-4-10-24(20(17)27)13-15-5-2-3-7-18(15)21/h2-7,10,16H,8-9,11-13H2,1H3,(H,22,25). The van der Waals surface area contributed by atoms with E-state index in [0.717, 1.165) is 0 Å². The first-order chi connectivity index (χ1) is 13.0. The molecule has 3 rings (SSSR count). The quantitative estimate of drug-likeness (QED) is 0.891. The van der Waals surface area contributed by atoms with Crippen LogP contribution in [-0.4, -0.2) is 40.4 Å². The van der Waals surface area contributed by atoms with E-state index in [2.05, 4.69) is 5.32 Å². The Morgan fingerprint density at radius 2 is 1.85 bits per heavy atom. The van der Waals surface area contributed by atoms with Crippen molar-refractivity contribution in [2.24, 2.45) is 0 Å². The Hall–Kier alpha value is -2.96. The predicted octanol–water partition coefficient (Wildman–Crippen LogP) is 1.78. The summed E-state index contributed by atoms with van der Waals surface area (Å²) in [5.41, 5.74) is 0.0295. The van der Waals surface area contributed by atoms with Crippen molar-refractivity contribution in [2.45, 2.75) is 32.4 Å². The van der Waals surface area contributed by atoms with Gasteiger partial charge in [0.2, 0.25) is 5.91 Å². The predicted molar refractivity (Wildman–Crippen MR) is 98.9 cm³/mol. The Labute approximate surface area is 156 Å². The molecule has 142 valence electrons. The van der Waals surface area contributed by atoms with Crippen molar-refractivity contribution < 1.29 is 14.0 Å². The van der Waals surface area contributed by atoms with Crippen molar-refractivity contribution >= 4 is 11.8 Å². The number of nitrogens with one attached hydrogen (secondary N) is 1. The van der Waals surface area contributed by atoms with Crippen LogP contribution in [0.2, 0.25) is 0 Å². The third-order valence-corrected chi connectivity index (χ3v) is 4.74. The molecular formula is C20H22FN3O3. The smallest absolute Gasteiger partial charge is 0.263 e. The number of likely N-dealkylation sites (tertiary alicyclic amines) is 1. The van der Waals surface area contributed by atoms with Crippen LogP contribution in [0.25, 0.3) is 0 Å². The van der Waals surface area contributed by atoms with Crippen LogP contribution in [-0.2, 0) is 11.3 Å². The summed E-state index contributed by atoms with van der Waals surface area (Å²) in [7, 11) is 0. The maximum atomic E-state index is 13.9. The molecule has 7 heteroatoms. The molecule has 1 aliphatic rings. The average Bonchev–Trinajstić information content (AvgIpc) is 2.65. The summed E-state index contributed by atoms with van der Waals surface area (Å²) in [6, 6.07) is 9.43. The Kier molecular flexibility index (Phi) is 5.69. The van der Waals surface area contributed by atoms with Gasteiger partial charge in [0.1, 0.15) is 11.4 Å². The summed E-state index contributed by atoms with van der Waals surface area (Å²) in [5, 5.41) is 2.86. The molecule has 0 atom stereocenters. The van der Waals surface area contributed by atoms with Crippen molar-refractivity contribution in [1.29, 1.82) is 0 Å². The van der Waals surface area contributed by atoms with Gasteiger partial charge in [0.05, 0.1) is 6.54 Å². The number of rotatable bonds is 4. The van der Waals surface area contributed by atoms with Gasteiger partial charge in [-0.05, 0) is 31.0 Å². The van der Waals surface area contributed by atoms with Gasteiger partial charge in [-0.2, -0.15) is 0 Å². The van der Waals surface area contributed by atoms with Gasteiger partial charge in [-0.25, -0.2) is 4.39 Å². The molecule has 6 nitrogen and oxygen atoms in total. The fraction of sp³-hybridized carbons (Fsp3) is 0.350. The summed E-state index contributed by atoms with van der Waals surface area (Å²) in [4.78, 5) is 38.3. The molecule has 0 bridgehead atoms. The minimum atomic E-state index is -0.435. The van der Waals surface area contributed by atoms with Crippen molar-refractivity contribution in [3.63, 3.8) is 0 Å². The molecule has 0 unspecified atom stereocenters. The zero-order valence-electron chi connectivity index (χ0n) is 15.2. The summed E-state index contributed by atoms with van der Waals surface area (Å²) in [6.07, 6.45) is 2.86. The van der Waals surface area contributed by atoms with Gasteiger partial charge in [-0.15, -0.1) is 0 Å². The first-order valence-electron chi connectivity index (χ1n) is 8.95. The molecule has 1 aromatic heterocycles. The molecule has 2 aromatic rings. The van der Waals surface area contributed by atoms with Crippen LogP contribution in [0.15, 0.2) is 47.4 Å². The maximum absolute atomic E-state index is 13.9. The molecule has 0 spiro atoms. The number of amides is 2. The first kappa shape index (κ1) is 18.8. The molecule has 0 aliphatic carbocycles. The van der Waals surface area contributed by atoms with E-state index in [-0.39, 0.29) is 35.8 Å². The van der Waals surface area contributed by atoms with Crippen molar-refractivity contribution in [3.8, 4) is 0 Å². The van der Waals surface area contributed by atoms with Crippen LogP contribution in [0.4, 0.5) is 4.39 Å². The number of nitrogens with zero attached hydrogens (tertiary/aromatic N) is 2. The first-order valence-corrected chi connectivity index (χ1v) is 8.95. The van der Waals surface area contributed by atoms with Gasteiger partial charge >= 0.3 is 0 Å². The summed E-state index contributed by atoms with van der Waals surface area (Å²) < 4.78 is 15.2. The summed E-state index contributed by atoms with van der Waals surface area (Å²) in [6.45, 7) is 2.49. The Balaban J connectivity index is 1.74. The van der Waals surface area contributed by atoms with E-state index in [0.29, 0.717) is 31.5 Å². The van der Waals surface area contributed by atoms with Crippen LogP contribution in [0.5, 0.6) is 0 Å². The highest BCUT2D eigenvalue weighted by Gasteiger charge is 2.25. The number of carbonyl (C=O) groups is 2. The van der Waals surface area contributed by atoms with Crippen molar-refractivity contribution in [3.05, 3.63) is 69.9 Å². The van der Waals surface area contributed by atoms with E-state index >= 15 is 0 Å². The van der Waals surface area contributed by atoms with Gasteiger partial charge in [0.25, 0.3) is 11.5 Å². The van der Waals surface area contributed by atoms with E-state index in [1.54, 1.807) is 35.4 Å². The topological polar surface area (TPSA) is 71.4 Å². The Morgan fingerprint density at radius 1 is 1.15 bits per heavy atom. The zero-order chi connectivity index (χ0) is 19.4. The van der Waals surface area contributed by atoms with Crippen LogP contribution in [0.3, 0.4) is 0 Å². The van der Waals surface area contributed by atoms with E-state index in [1.807, 2.05) is 0 Å². The largest absolute Gasteiger partial charge is 0.353 e. The van der Waals surface area contributed by atoms with Gasteiger partial charge in [-0.3, -0.25) is 14.4 Å². The molecule has 1 saturated heterocycles. The number of benzene rings is 1. The normalized spacial score (nSPS) is 14.8. The van der Waals surface area contributed by atoms with Crippen LogP contribution < -0.4 is 10.9 Å². The lowest BCUT2D eigenvalue weighted by atomic mass is 10.0. The van der Waals surface area contributed by atoms with Gasteiger partial charge in [0, 0.05) is 37.8 Å². The summed E-state index contributed by atoms with van der Waals surface area (Å²) >= 11 is 0. The fourth-order valence-electron chi connectivity index (χ4n) is 3.32. The van der Waals surface area contributed by atoms with E-state index in [1.165, 1.54) is 23.6 Å². The second-order valence-corrected chi connectivity index (χ2v) is 6.71. The second kappa shape index (κ2) is 8.16. The lowest BCUT2D eigenvalue weighted by molar-refractivity contribution is -0.119. The third kappa shape index (κ3) is 4.42. The van der Waals surface area contributed by atoms with Crippen LogP contribution in [0.1, 0.15) is 35.7 Å². The molecule has 0 radical (unpaired) electrons. The van der Waals surface area contributed by atoms with E-state index in [9.17, 15) is 18.8 Å². The number of pyridine rings is 1. The van der Waals surface area contributed by atoms with Crippen LogP contribution >= 0.6 is 0 Å². The average molecular weight is 371 g/mol. The molecule has 1 fully saturated rings. The number of piperidine rings is 1. The molecular weight excluding hydrogens is 349 g/mol. The monoisotopic (exact) mass is 371 g/mol. The number of hydrogen-bond acceptors (Lipinski definition) is 3.